The van der Waals surface area contributed by atoms with Crippen LogP contribution in [0.1, 0.15) is 13.3 Å². The van der Waals surface area contributed by atoms with E-state index in [4.69, 9.17) is 20.0 Å². The molecule has 0 rings (SSSR count). The summed E-state index contributed by atoms with van der Waals surface area (Å²) in [5.74, 6) is -1.68. The van der Waals surface area contributed by atoms with Crippen molar-refractivity contribution in [3.63, 3.8) is 0 Å². The van der Waals surface area contributed by atoms with Gasteiger partial charge in [0.05, 0.1) is 6.61 Å². The van der Waals surface area contributed by atoms with Crippen molar-refractivity contribution in [3.8, 4) is 0 Å². The number of hydrogen-bond donors (Lipinski definition) is 4. The normalized spacial score (nSPS) is 17.0. The second-order valence-corrected chi connectivity index (χ2v) is 4.34. The van der Waals surface area contributed by atoms with Gasteiger partial charge in [-0.05, 0) is 6.42 Å². The van der Waals surface area contributed by atoms with Gasteiger partial charge in [0.2, 0.25) is 0 Å². The molecule has 0 saturated carbocycles. The van der Waals surface area contributed by atoms with Gasteiger partial charge in [0.15, 0.2) is 5.16 Å². The third-order valence-electron chi connectivity index (χ3n) is 1.80. The molecule has 0 aliphatic rings. The van der Waals surface area contributed by atoms with Crippen molar-refractivity contribution in [1.29, 1.82) is 0 Å². The van der Waals surface area contributed by atoms with E-state index in [1.54, 1.807) is 0 Å². The fourth-order valence-corrected chi connectivity index (χ4v) is 1.60. The molecular weight excluding hydrogens is 187 g/mol. The molecule has 0 aliphatic carbocycles. The summed E-state index contributed by atoms with van der Waals surface area (Å²) in [6, 6.07) is 0. The predicted molar refractivity (Wildman–Crippen MR) is 39.8 cm³/mol. The molecule has 0 aromatic carbocycles. The summed E-state index contributed by atoms with van der Waals surface area (Å²) in [4.78, 5) is 27.8. The molecule has 0 aliphatic heterocycles. The van der Waals surface area contributed by atoms with Crippen LogP contribution in [0.3, 0.4) is 0 Å². The lowest BCUT2D eigenvalue weighted by molar-refractivity contribution is -0.142. The van der Waals surface area contributed by atoms with Crippen LogP contribution in [-0.2, 0) is 9.36 Å². The molecule has 0 radical (unpaired) electrons. The van der Waals surface area contributed by atoms with Crippen molar-refractivity contribution in [2.45, 2.75) is 18.5 Å². The minimum atomic E-state index is -4.81. The van der Waals surface area contributed by atoms with Crippen molar-refractivity contribution in [3.05, 3.63) is 0 Å². The number of carboxylic acids is 1. The van der Waals surface area contributed by atoms with Crippen LogP contribution in [0.2, 0.25) is 0 Å². The SMILES string of the molecule is CCC(CO)(C(=O)O)P(=O)(O)O. The molecule has 7 heteroatoms. The highest BCUT2D eigenvalue weighted by Gasteiger charge is 2.52. The quantitative estimate of drug-likeness (QED) is 0.448. The van der Waals surface area contributed by atoms with Crippen molar-refractivity contribution in [2.24, 2.45) is 0 Å². The van der Waals surface area contributed by atoms with E-state index in [0.29, 0.717) is 0 Å². The molecule has 72 valence electrons. The summed E-state index contributed by atoms with van der Waals surface area (Å²) in [6.45, 7) is 0.229. The van der Waals surface area contributed by atoms with Crippen LogP contribution in [0.15, 0.2) is 0 Å². The van der Waals surface area contributed by atoms with Gasteiger partial charge in [-0.1, -0.05) is 6.92 Å². The van der Waals surface area contributed by atoms with Crippen molar-refractivity contribution >= 4 is 13.6 Å². The number of hydrogen-bond acceptors (Lipinski definition) is 3. The lowest BCUT2D eigenvalue weighted by Crippen LogP contribution is -2.41. The van der Waals surface area contributed by atoms with Crippen LogP contribution in [0.5, 0.6) is 0 Å². The molecule has 0 bridgehead atoms. The summed E-state index contributed by atoms with van der Waals surface area (Å²) in [5.41, 5.74) is 0. The molecule has 12 heavy (non-hydrogen) atoms. The van der Waals surface area contributed by atoms with Crippen LogP contribution in [-0.4, -0.2) is 37.7 Å². The van der Waals surface area contributed by atoms with Gasteiger partial charge in [0.1, 0.15) is 0 Å². The lowest BCUT2D eigenvalue weighted by Gasteiger charge is -2.25. The van der Waals surface area contributed by atoms with Crippen molar-refractivity contribution < 1.29 is 29.4 Å². The minimum absolute atomic E-state index is 0.316. The molecule has 6 nitrogen and oxygen atoms in total. The number of aliphatic hydroxyl groups is 1. The third-order valence-corrected chi connectivity index (χ3v) is 3.57. The summed E-state index contributed by atoms with van der Waals surface area (Å²) < 4.78 is 10.7. The smallest absolute Gasteiger partial charge is 0.345 e. The highest BCUT2D eigenvalue weighted by Crippen LogP contribution is 2.52. The van der Waals surface area contributed by atoms with E-state index in [-0.39, 0.29) is 6.42 Å². The van der Waals surface area contributed by atoms with Gasteiger partial charge in [0, 0.05) is 0 Å². The largest absolute Gasteiger partial charge is 0.480 e. The molecule has 1 atom stereocenters. The molecule has 0 saturated heterocycles. The van der Waals surface area contributed by atoms with E-state index in [9.17, 15) is 9.36 Å². The summed E-state index contributed by atoms with van der Waals surface area (Å²) in [7, 11) is -4.81. The zero-order chi connectivity index (χ0) is 9.99. The van der Waals surface area contributed by atoms with Gasteiger partial charge in [-0.15, -0.1) is 0 Å². The number of rotatable bonds is 4. The highest BCUT2D eigenvalue weighted by molar-refractivity contribution is 7.54. The topological polar surface area (TPSA) is 115 Å². The van der Waals surface area contributed by atoms with E-state index >= 15 is 0 Å². The van der Waals surface area contributed by atoms with Gasteiger partial charge >= 0.3 is 13.6 Å². The first-order chi connectivity index (χ1) is 5.31. The Hall–Kier alpha value is -0.420. The minimum Gasteiger partial charge on any atom is -0.480 e. The Morgan fingerprint density at radius 1 is 1.50 bits per heavy atom. The molecule has 0 fully saturated rings. The van der Waals surface area contributed by atoms with Gasteiger partial charge in [-0.3, -0.25) is 9.36 Å². The first-order valence-electron chi connectivity index (χ1n) is 3.21. The molecule has 0 amide bonds. The van der Waals surface area contributed by atoms with E-state index in [2.05, 4.69) is 0 Å². The van der Waals surface area contributed by atoms with E-state index in [0.717, 1.165) is 0 Å². The number of carbonyl (C=O) groups is 1. The van der Waals surface area contributed by atoms with Crippen LogP contribution in [0.4, 0.5) is 0 Å². The zero-order valence-electron chi connectivity index (χ0n) is 6.47. The average Bonchev–Trinajstić information content (AvgIpc) is 1.87. The van der Waals surface area contributed by atoms with E-state index in [1.165, 1.54) is 6.92 Å². The average molecular weight is 198 g/mol. The molecule has 1 unspecified atom stereocenters. The first kappa shape index (κ1) is 11.6. The lowest BCUT2D eigenvalue weighted by atomic mass is 10.1. The monoisotopic (exact) mass is 198 g/mol. The summed E-state index contributed by atoms with van der Waals surface area (Å²) in [6.07, 6.45) is -0.316. The molecule has 0 heterocycles. The maximum Gasteiger partial charge on any atom is 0.345 e. The maximum absolute atomic E-state index is 10.7. The number of carboxylic acid groups (broad SMARTS) is 1. The first-order valence-corrected chi connectivity index (χ1v) is 4.83. The Bertz CT molecular complexity index is 214. The van der Waals surface area contributed by atoms with Crippen LogP contribution in [0, 0.1) is 0 Å². The highest BCUT2D eigenvalue weighted by atomic mass is 31.2. The fourth-order valence-electron chi connectivity index (χ4n) is 0.753. The Balaban J connectivity index is 5.12. The Labute approximate surface area is 69.0 Å². The predicted octanol–water partition coefficient (Wildman–Crippen LogP) is -0.610. The standard InChI is InChI=1S/C5H11O6P/c1-2-5(3-6,4(7)8)12(9,10)11/h6H,2-3H2,1H3,(H,7,8)(H2,9,10,11). The third kappa shape index (κ3) is 1.67. The van der Waals surface area contributed by atoms with Gasteiger partial charge in [-0.2, -0.15) is 0 Å². The molecule has 4 N–H and O–H groups in total. The number of aliphatic carboxylic acids is 1. The Kier molecular flexibility index (Phi) is 3.41. The summed E-state index contributed by atoms with van der Waals surface area (Å²) >= 11 is 0. The van der Waals surface area contributed by atoms with E-state index < -0.39 is 25.3 Å². The van der Waals surface area contributed by atoms with Gasteiger partial charge in [-0.25, -0.2) is 0 Å². The maximum atomic E-state index is 10.7. The van der Waals surface area contributed by atoms with Gasteiger partial charge < -0.3 is 20.0 Å². The van der Waals surface area contributed by atoms with E-state index in [1.807, 2.05) is 0 Å². The second-order valence-electron chi connectivity index (χ2n) is 2.39. The van der Waals surface area contributed by atoms with Crippen LogP contribution < -0.4 is 0 Å². The summed E-state index contributed by atoms with van der Waals surface area (Å²) in [5, 5.41) is 14.8. The number of aliphatic hydroxyl groups excluding tert-OH is 1. The molecule has 0 aromatic rings. The molecule has 0 spiro atoms. The molecular formula is C5H11O6P. The zero-order valence-corrected chi connectivity index (χ0v) is 7.36. The fraction of sp³-hybridized carbons (Fsp3) is 0.800. The Morgan fingerprint density at radius 3 is 1.92 bits per heavy atom. The van der Waals surface area contributed by atoms with Crippen molar-refractivity contribution in [1.82, 2.24) is 0 Å². The van der Waals surface area contributed by atoms with Crippen molar-refractivity contribution in [2.75, 3.05) is 6.61 Å². The van der Waals surface area contributed by atoms with Crippen LogP contribution in [0.25, 0.3) is 0 Å². The van der Waals surface area contributed by atoms with Gasteiger partial charge in [0.25, 0.3) is 0 Å². The Morgan fingerprint density at radius 2 is 1.92 bits per heavy atom. The molecule has 0 aromatic heterocycles. The van der Waals surface area contributed by atoms with Crippen LogP contribution >= 0.6 is 7.60 Å². The second kappa shape index (κ2) is 3.53.